The lowest BCUT2D eigenvalue weighted by Gasteiger charge is -2.34. The zero-order valence-corrected chi connectivity index (χ0v) is 12.5. The van der Waals surface area contributed by atoms with Gasteiger partial charge in [-0.1, -0.05) is 28.1 Å². The van der Waals surface area contributed by atoms with Crippen LogP contribution in [-0.2, 0) is 16.0 Å². The number of hydrogen-bond donors (Lipinski definition) is 1. The van der Waals surface area contributed by atoms with Gasteiger partial charge in [0.2, 0.25) is 0 Å². The minimum Gasteiger partial charge on any atom is -0.396 e. The molecule has 0 atom stereocenters. The Labute approximate surface area is 122 Å². The van der Waals surface area contributed by atoms with Crippen LogP contribution in [0.2, 0.25) is 0 Å². The molecule has 0 saturated carbocycles. The SMILES string of the molecule is O=C(Cc1ccc(Br)cc1)CC1(CO)CCOCC1. The van der Waals surface area contributed by atoms with Crippen LogP contribution >= 0.6 is 15.9 Å². The van der Waals surface area contributed by atoms with Gasteiger partial charge < -0.3 is 9.84 Å². The molecule has 104 valence electrons. The van der Waals surface area contributed by atoms with Gasteiger partial charge in [0, 0.05) is 42.5 Å². The number of carbonyl (C=O) groups excluding carboxylic acids is 1. The number of hydrogen-bond acceptors (Lipinski definition) is 3. The van der Waals surface area contributed by atoms with Gasteiger partial charge in [-0.25, -0.2) is 0 Å². The number of carbonyl (C=O) groups is 1. The molecule has 1 heterocycles. The summed E-state index contributed by atoms with van der Waals surface area (Å²) in [6, 6.07) is 7.80. The van der Waals surface area contributed by atoms with E-state index in [-0.39, 0.29) is 17.8 Å². The molecule has 1 aromatic rings. The Morgan fingerprint density at radius 1 is 1.26 bits per heavy atom. The van der Waals surface area contributed by atoms with Gasteiger partial charge in [0.25, 0.3) is 0 Å². The number of rotatable bonds is 5. The van der Waals surface area contributed by atoms with Crippen molar-refractivity contribution >= 4 is 21.7 Å². The first kappa shape index (κ1) is 14.7. The second kappa shape index (κ2) is 6.64. The molecule has 0 radical (unpaired) electrons. The third-order valence-electron chi connectivity index (χ3n) is 3.78. The minimum absolute atomic E-state index is 0.0719. The lowest BCUT2D eigenvalue weighted by Crippen LogP contribution is -2.35. The summed E-state index contributed by atoms with van der Waals surface area (Å²) in [6.07, 6.45) is 2.43. The van der Waals surface area contributed by atoms with Crippen LogP contribution in [0.5, 0.6) is 0 Å². The average Bonchev–Trinajstić information content (AvgIpc) is 2.42. The van der Waals surface area contributed by atoms with E-state index in [0.29, 0.717) is 26.1 Å². The van der Waals surface area contributed by atoms with E-state index in [2.05, 4.69) is 15.9 Å². The Kier molecular flexibility index (Phi) is 5.13. The molecule has 0 bridgehead atoms. The van der Waals surface area contributed by atoms with E-state index in [0.717, 1.165) is 22.9 Å². The first-order valence-electron chi connectivity index (χ1n) is 6.58. The molecule has 19 heavy (non-hydrogen) atoms. The lowest BCUT2D eigenvalue weighted by atomic mass is 9.76. The summed E-state index contributed by atoms with van der Waals surface area (Å²) in [5.74, 6) is 0.193. The number of Topliss-reactive ketones (excluding diaryl/α,β-unsaturated/α-hetero) is 1. The maximum absolute atomic E-state index is 12.2. The highest BCUT2D eigenvalue weighted by Gasteiger charge is 2.33. The second-order valence-electron chi connectivity index (χ2n) is 5.29. The number of benzene rings is 1. The van der Waals surface area contributed by atoms with Gasteiger partial charge in [0.15, 0.2) is 0 Å². The zero-order valence-electron chi connectivity index (χ0n) is 10.9. The van der Waals surface area contributed by atoms with E-state index in [1.165, 1.54) is 0 Å². The van der Waals surface area contributed by atoms with Crippen LogP contribution in [0.15, 0.2) is 28.7 Å². The van der Waals surface area contributed by atoms with Gasteiger partial charge in [-0.3, -0.25) is 4.79 Å². The Morgan fingerprint density at radius 2 is 1.89 bits per heavy atom. The van der Waals surface area contributed by atoms with Crippen molar-refractivity contribution in [2.45, 2.75) is 25.7 Å². The van der Waals surface area contributed by atoms with E-state index >= 15 is 0 Å². The molecule has 1 N–H and O–H groups in total. The summed E-state index contributed by atoms with van der Waals surface area (Å²) in [5, 5.41) is 9.58. The van der Waals surface area contributed by atoms with Crippen molar-refractivity contribution in [3.63, 3.8) is 0 Å². The maximum atomic E-state index is 12.2. The molecule has 0 aromatic heterocycles. The summed E-state index contributed by atoms with van der Waals surface area (Å²) in [7, 11) is 0. The van der Waals surface area contributed by atoms with Crippen molar-refractivity contribution in [1.29, 1.82) is 0 Å². The Hall–Kier alpha value is -0.710. The van der Waals surface area contributed by atoms with Crippen LogP contribution in [0, 0.1) is 5.41 Å². The van der Waals surface area contributed by atoms with Crippen molar-refractivity contribution in [1.82, 2.24) is 0 Å². The lowest BCUT2D eigenvalue weighted by molar-refractivity contribution is -0.123. The van der Waals surface area contributed by atoms with Crippen LogP contribution in [0.1, 0.15) is 24.8 Å². The van der Waals surface area contributed by atoms with Gasteiger partial charge in [-0.15, -0.1) is 0 Å². The van der Waals surface area contributed by atoms with E-state index in [9.17, 15) is 9.90 Å². The number of halogens is 1. The fraction of sp³-hybridized carbons (Fsp3) is 0.533. The molecule has 1 aromatic carbocycles. The Bertz CT molecular complexity index is 422. The predicted octanol–water partition coefficient (Wildman–Crippen LogP) is 2.74. The molecule has 1 fully saturated rings. The summed E-state index contributed by atoms with van der Waals surface area (Å²) in [5.41, 5.74) is 0.762. The van der Waals surface area contributed by atoms with E-state index < -0.39 is 0 Å². The van der Waals surface area contributed by atoms with Gasteiger partial charge in [-0.2, -0.15) is 0 Å². The van der Waals surface area contributed by atoms with E-state index in [1.54, 1.807) is 0 Å². The first-order valence-corrected chi connectivity index (χ1v) is 7.38. The third kappa shape index (κ3) is 4.13. The number of aliphatic hydroxyl groups is 1. The molecule has 0 aliphatic carbocycles. The molecule has 0 unspecified atom stereocenters. The van der Waals surface area contributed by atoms with Crippen LogP contribution in [0.3, 0.4) is 0 Å². The van der Waals surface area contributed by atoms with Gasteiger partial charge in [0.1, 0.15) is 5.78 Å². The van der Waals surface area contributed by atoms with Gasteiger partial charge in [0.05, 0.1) is 0 Å². The van der Waals surface area contributed by atoms with Crippen LogP contribution in [-0.4, -0.2) is 30.7 Å². The highest BCUT2D eigenvalue weighted by Crippen LogP contribution is 2.34. The van der Waals surface area contributed by atoms with Crippen LogP contribution < -0.4 is 0 Å². The molecule has 0 spiro atoms. The van der Waals surface area contributed by atoms with E-state index in [1.807, 2.05) is 24.3 Å². The number of ketones is 1. The molecule has 2 rings (SSSR count). The molecular formula is C15H19BrO3. The molecule has 0 amide bonds. The van der Waals surface area contributed by atoms with E-state index in [4.69, 9.17) is 4.74 Å². The monoisotopic (exact) mass is 326 g/mol. The van der Waals surface area contributed by atoms with Crippen molar-refractivity contribution in [3.8, 4) is 0 Å². The predicted molar refractivity (Wildman–Crippen MR) is 77.0 cm³/mol. The van der Waals surface area contributed by atoms with Crippen molar-refractivity contribution in [2.24, 2.45) is 5.41 Å². The number of ether oxygens (including phenoxy) is 1. The second-order valence-corrected chi connectivity index (χ2v) is 6.20. The topological polar surface area (TPSA) is 46.5 Å². The average molecular weight is 327 g/mol. The maximum Gasteiger partial charge on any atom is 0.137 e. The third-order valence-corrected chi connectivity index (χ3v) is 4.30. The first-order chi connectivity index (χ1) is 9.13. The highest BCUT2D eigenvalue weighted by molar-refractivity contribution is 9.10. The van der Waals surface area contributed by atoms with Crippen LogP contribution in [0.25, 0.3) is 0 Å². The van der Waals surface area contributed by atoms with Crippen molar-refractivity contribution < 1.29 is 14.6 Å². The Morgan fingerprint density at radius 3 is 2.47 bits per heavy atom. The highest BCUT2D eigenvalue weighted by atomic mass is 79.9. The number of aliphatic hydroxyl groups excluding tert-OH is 1. The summed E-state index contributed by atoms with van der Waals surface area (Å²) in [6.45, 7) is 1.36. The smallest absolute Gasteiger partial charge is 0.137 e. The molecular weight excluding hydrogens is 308 g/mol. The Balaban J connectivity index is 1.94. The molecule has 4 heteroatoms. The zero-order chi connectivity index (χ0) is 13.7. The fourth-order valence-corrected chi connectivity index (χ4v) is 2.77. The van der Waals surface area contributed by atoms with Gasteiger partial charge in [-0.05, 0) is 30.5 Å². The fourth-order valence-electron chi connectivity index (χ4n) is 2.51. The summed E-state index contributed by atoms with van der Waals surface area (Å²) >= 11 is 3.38. The summed E-state index contributed by atoms with van der Waals surface area (Å²) < 4.78 is 6.33. The normalized spacial score (nSPS) is 18.2. The molecule has 3 nitrogen and oxygen atoms in total. The van der Waals surface area contributed by atoms with Gasteiger partial charge >= 0.3 is 0 Å². The molecule has 1 saturated heterocycles. The molecule has 1 aliphatic rings. The quantitative estimate of drug-likeness (QED) is 0.905. The van der Waals surface area contributed by atoms with Crippen LogP contribution in [0.4, 0.5) is 0 Å². The standard InChI is InChI=1S/C15H19BrO3/c16-13-3-1-12(2-4-13)9-14(18)10-15(11-17)5-7-19-8-6-15/h1-4,17H,5-11H2. The largest absolute Gasteiger partial charge is 0.396 e. The summed E-state index contributed by atoms with van der Waals surface area (Å²) in [4.78, 5) is 12.2. The van der Waals surface area contributed by atoms with Crippen molar-refractivity contribution in [2.75, 3.05) is 19.8 Å². The van der Waals surface area contributed by atoms with Crippen molar-refractivity contribution in [3.05, 3.63) is 34.3 Å². The minimum atomic E-state index is -0.259. The molecule has 1 aliphatic heterocycles.